The van der Waals surface area contributed by atoms with Gasteiger partial charge in [-0.3, -0.25) is 0 Å². The summed E-state index contributed by atoms with van der Waals surface area (Å²) in [5, 5.41) is 0. The molecule has 2 N–H and O–H groups in total. The standard InChI is InChI=1S/C16H16FNO3/c1-2-20-16(19)13-9-12(18)7-8-15(13)21-10-11-5-3-4-6-14(11)17/h3-9H,2,10,18H2,1H3. The van der Waals surface area contributed by atoms with Crippen LogP contribution in [0.3, 0.4) is 0 Å². The molecule has 2 aromatic rings. The van der Waals surface area contributed by atoms with Gasteiger partial charge in [-0.2, -0.15) is 0 Å². The molecule has 0 atom stereocenters. The van der Waals surface area contributed by atoms with Gasteiger partial charge >= 0.3 is 5.97 Å². The van der Waals surface area contributed by atoms with Gasteiger partial charge in [-0.1, -0.05) is 18.2 Å². The number of esters is 1. The molecule has 0 bridgehead atoms. The highest BCUT2D eigenvalue weighted by Gasteiger charge is 2.15. The Hall–Kier alpha value is -2.56. The zero-order valence-corrected chi connectivity index (χ0v) is 11.6. The molecular weight excluding hydrogens is 273 g/mol. The van der Waals surface area contributed by atoms with Crippen LogP contribution in [0.1, 0.15) is 22.8 Å². The van der Waals surface area contributed by atoms with Gasteiger partial charge in [-0.05, 0) is 31.2 Å². The SMILES string of the molecule is CCOC(=O)c1cc(N)ccc1OCc1ccccc1F. The number of hydrogen-bond donors (Lipinski definition) is 1. The highest BCUT2D eigenvalue weighted by atomic mass is 19.1. The third-order valence-corrected chi connectivity index (χ3v) is 2.84. The van der Waals surface area contributed by atoms with Crippen molar-refractivity contribution in [3.05, 3.63) is 59.4 Å². The molecule has 0 heterocycles. The van der Waals surface area contributed by atoms with Crippen LogP contribution < -0.4 is 10.5 Å². The Kier molecular flexibility index (Phi) is 4.77. The highest BCUT2D eigenvalue weighted by molar-refractivity contribution is 5.93. The summed E-state index contributed by atoms with van der Waals surface area (Å²) in [6.45, 7) is 1.98. The zero-order chi connectivity index (χ0) is 15.2. The first-order valence-corrected chi connectivity index (χ1v) is 6.54. The molecule has 21 heavy (non-hydrogen) atoms. The lowest BCUT2D eigenvalue weighted by Crippen LogP contribution is -2.09. The quantitative estimate of drug-likeness (QED) is 0.678. The second-order valence-corrected chi connectivity index (χ2v) is 4.36. The number of rotatable bonds is 5. The van der Waals surface area contributed by atoms with E-state index >= 15 is 0 Å². The van der Waals surface area contributed by atoms with E-state index in [2.05, 4.69) is 0 Å². The molecule has 0 fully saturated rings. The van der Waals surface area contributed by atoms with Crippen molar-refractivity contribution in [1.82, 2.24) is 0 Å². The van der Waals surface area contributed by atoms with E-state index in [1.807, 2.05) is 0 Å². The van der Waals surface area contributed by atoms with Crippen LogP contribution in [-0.4, -0.2) is 12.6 Å². The Labute approximate surface area is 122 Å². The minimum Gasteiger partial charge on any atom is -0.488 e. The monoisotopic (exact) mass is 289 g/mol. The van der Waals surface area contributed by atoms with Crippen molar-refractivity contribution in [1.29, 1.82) is 0 Å². The fourth-order valence-electron chi connectivity index (χ4n) is 1.81. The third kappa shape index (κ3) is 3.72. The predicted octanol–water partition coefficient (Wildman–Crippen LogP) is 3.16. The minimum absolute atomic E-state index is 0.0169. The van der Waals surface area contributed by atoms with Gasteiger partial charge in [0.2, 0.25) is 0 Å². The summed E-state index contributed by atoms with van der Waals surface area (Å²) in [6, 6.07) is 11.0. The third-order valence-electron chi connectivity index (χ3n) is 2.84. The molecule has 0 unspecified atom stereocenters. The molecule has 4 nitrogen and oxygen atoms in total. The minimum atomic E-state index is -0.520. The Bertz CT molecular complexity index is 643. The van der Waals surface area contributed by atoms with E-state index < -0.39 is 5.97 Å². The van der Waals surface area contributed by atoms with E-state index in [0.717, 1.165) is 0 Å². The van der Waals surface area contributed by atoms with Gasteiger partial charge < -0.3 is 15.2 Å². The van der Waals surface area contributed by atoms with Crippen LogP contribution in [0.5, 0.6) is 5.75 Å². The fourth-order valence-corrected chi connectivity index (χ4v) is 1.81. The van der Waals surface area contributed by atoms with E-state index in [1.54, 1.807) is 37.3 Å². The number of benzene rings is 2. The molecule has 110 valence electrons. The summed E-state index contributed by atoms with van der Waals surface area (Å²) in [5.74, 6) is -0.565. The predicted molar refractivity (Wildman–Crippen MR) is 77.5 cm³/mol. The maximum Gasteiger partial charge on any atom is 0.341 e. The van der Waals surface area contributed by atoms with Gasteiger partial charge in [0.15, 0.2) is 0 Å². The maximum atomic E-state index is 13.5. The summed E-state index contributed by atoms with van der Waals surface area (Å²) in [4.78, 5) is 11.9. The first-order chi connectivity index (χ1) is 10.1. The Morgan fingerprint density at radius 1 is 1.24 bits per heavy atom. The highest BCUT2D eigenvalue weighted by Crippen LogP contribution is 2.24. The lowest BCUT2D eigenvalue weighted by Gasteiger charge is -2.12. The summed E-state index contributed by atoms with van der Waals surface area (Å²) in [7, 11) is 0. The first kappa shape index (κ1) is 14.8. The second kappa shape index (κ2) is 6.74. The zero-order valence-electron chi connectivity index (χ0n) is 11.6. The van der Waals surface area contributed by atoms with Crippen LogP contribution in [-0.2, 0) is 11.3 Å². The van der Waals surface area contributed by atoms with Crippen LogP contribution >= 0.6 is 0 Å². The van der Waals surface area contributed by atoms with Crippen molar-refractivity contribution in [3.63, 3.8) is 0 Å². The van der Waals surface area contributed by atoms with Crippen LogP contribution in [0.4, 0.5) is 10.1 Å². The number of anilines is 1. The number of carbonyl (C=O) groups excluding carboxylic acids is 1. The Morgan fingerprint density at radius 3 is 2.71 bits per heavy atom. The van der Waals surface area contributed by atoms with Crippen molar-refractivity contribution >= 4 is 11.7 Å². The van der Waals surface area contributed by atoms with Crippen molar-refractivity contribution in [2.45, 2.75) is 13.5 Å². The molecular formula is C16H16FNO3. The van der Waals surface area contributed by atoms with Crippen LogP contribution in [0.25, 0.3) is 0 Å². The van der Waals surface area contributed by atoms with Crippen LogP contribution in [0.15, 0.2) is 42.5 Å². The summed E-state index contributed by atoms with van der Waals surface area (Å²) < 4.78 is 24.0. The van der Waals surface area contributed by atoms with Crippen molar-refractivity contribution < 1.29 is 18.7 Å². The molecule has 0 saturated heterocycles. The largest absolute Gasteiger partial charge is 0.488 e. The topological polar surface area (TPSA) is 61.5 Å². The molecule has 0 aromatic heterocycles. The summed E-state index contributed by atoms with van der Waals surface area (Å²) in [6.07, 6.45) is 0. The number of hydrogen-bond acceptors (Lipinski definition) is 4. The molecule has 0 aliphatic rings. The van der Waals surface area contributed by atoms with E-state index in [0.29, 0.717) is 17.0 Å². The van der Waals surface area contributed by atoms with E-state index in [4.69, 9.17) is 15.2 Å². The first-order valence-electron chi connectivity index (χ1n) is 6.54. The average Bonchev–Trinajstić information content (AvgIpc) is 2.47. The van der Waals surface area contributed by atoms with Gasteiger partial charge in [-0.25, -0.2) is 9.18 Å². The molecule has 0 radical (unpaired) electrons. The van der Waals surface area contributed by atoms with E-state index in [9.17, 15) is 9.18 Å². The number of halogens is 1. The van der Waals surface area contributed by atoms with Crippen LogP contribution in [0, 0.1) is 5.82 Å². The van der Waals surface area contributed by atoms with Gasteiger partial charge in [0.05, 0.1) is 6.61 Å². The van der Waals surface area contributed by atoms with Crippen molar-refractivity contribution in [2.75, 3.05) is 12.3 Å². The average molecular weight is 289 g/mol. The lowest BCUT2D eigenvalue weighted by molar-refractivity contribution is 0.0521. The molecule has 0 saturated carbocycles. The van der Waals surface area contributed by atoms with Crippen molar-refractivity contribution in [2.24, 2.45) is 0 Å². The van der Waals surface area contributed by atoms with E-state index in [1.165, 1.54) is 12.1 Å². The molecule has 5 heteroatoms. The maximum absolute atomic E-state index is 13.5. The van der Waals surface area contributed by atoms with Crippen LogP contribution in [0.2, 0.25) is 0 Å². The normalized spacial score (nSPS) is 10.2. The molecule has 0 aliphatic heterocycles. The Morgan fingerprint density at radius 2 is 2.00 bits per heavy atom. The van der Waals surface area contributed by atoms with Gasteiger partial charge in [0.1, 0.15) is 23.7 Å². The van der Waals surface area contributed by atoms with Gasteiger partial charge in [0.25, 0.3) is 0 Å². The van der Waals surface area contributed by atoms with Gasteiger partial charge in [0, 0.05) is 11.3 Å². The van der Waals surface area contributed by atoms with E-state index in [-0.39, 0.29) is 24.6 Å². The number of ether oxygens (including phenoxy) is 2. The summed E-state index contributed by atoms with van der Waals surface area (Å²) >= 11 is 0. The molecule has 0 amide bonds. The number of carbonyl (C=O) groups is 1. The fraction of sp³-hybridized carbons (Fsp3) is 0.188. The molecule has 2 aromatic carbocycles. The molecule has 0 aliphatic carbocycles. The number of nitrogens with two attached hydrogens (primary N) is 1. The lowest BCUT2D eigenvalue weighted by atomic mass is 10.1. The molecule has 2 rings (SSSR count). The molecule has 0 spiro atoms. The second-order valence-electron chi connectivity index (χ2n) is 4.36. The van der Waals surface area contributed by atoms with Crippen molar-refractivity contribution in [3.8, 4) is 5.75 Å². The Balaban J connectivity index is 2.20. The van der Waals surface area contributed by atoms with Gasteiger partial charge in [-0.15, -0.1) is 0 Å². The smallest absolute Gasteiger partial charge is 0.341 e. The number of nitrogen functional groups attached to an aromatic ring is 1. The summed E-state index contributed by atoms with van der Waals surface area (Å²) in [5.41, 5.74) is 6.73.